The molecule has 0 bridgehead atoms. The molecule has 1 aromatic heterocycles. The van der Waals surface area contributed by atoms with Crippen LogP contribution in [0.15, 0.2) is 48.7 Å². The van der Waals surface area contributed by atoms with E-state index in [0.29, 0.717) is 22.4 Å². The second-order valence-electron chi connectivity index (χ2n) is 5.40. The Morgan fingerprint density at radius 2 is 1.88 bits per heavy atom. The molecule has 0 aliphatic heterocycles. The third-order valence-corrected chi connectivity index (χ3v) is 4.06. The van der Waals surface area contributed by atoms with E-state index in [2.05, 4.69) is 30.6 Å². The van der Waals surface area contributed by atoms with Gasteiger partial charge in [-0.15, -0.1) is 5.10 Å². The van der Waals surface area contributed by atoms with E-state index in [9.17, 15) is 4.79 Å². The normalized spacial score (nSPS) is 10.3. The van der Waals surface area contributed by atoms with Crippen LogP contribution in [0.25, 0.3) is 0 Å². The standard InChI is InChI=1S/C18H16ClN5O2/c1-11-14(19)4-3-5-15(11)22-16-10-20-24-18(23-16)21-13-8-6-12(7-9-13)17(25)26-2/h3-10H,1-2H3,(H2,21,22,23,24). The van der Waals surface area contributed by atoms with Crippen LogP contribution in [-0.2, 0) is 4.74 Å². The monoisotopic (exact) mass is 369 g/mol. The molecule has 0 amide bonds. The van der Waals surface area contributed by atoms with Crippen LogP contribution >= 0.6 is 11.6 Å². The number of halogens is 1. The van der Waals surface area contributed by atoms with E-state index in [1.165, 1.54) is 13.3 Å². The number of esters is 1. The van der Waals surface area contributed by atoms with Crippen LogP contribution in [-0.4, -0.2) is 28.3 Å². The van der Waals surface area contributed by atoms with Crippen LogP contribution in [0.4, 0.5) is 23.1 Å². The van der Waals surface area contributed by atoms with Gasteiger partial charge in [-0.25, -0.2) is 4.79 Å². The maximum Gasteiger partial charge on any atom is 0.337 e. The van der Waals surface area contributed by atoms with Crippen molar-refractivity contribution in [3.63, 3.8) is 0 Å². The summed E-state index contributed by atoms with van der Waals surface area (Å²) in [5.41, 5.74) is 2.94. The Hall–Kier alpha value is -3.19. The van der Waals surface area contributed by atoms with Crippen molar-refractivity contribution in [1.29, 1.82) is 0 Å². The molecule has 0 saturated carbocycles. The lowest BCUT2D eigenvalue weighted by Gasteiger charge is -2.10. The summed E-state index contributed by atoms with van der Waals surface area (Å²) in [5.74, 6) is 0.456. The van der Waals surface area contributed by atoms with E-state index in [4.69, 9.17) is 11.6 Å². The van der Waals surface area contributed by atoms with Crippen molar-refractivity contribution < 1.29 is 9.53 Å². The Bertz CT molecular complexity index is 931. The highest BCUT2D eigenvalue weighted by Crippen LogP contribution is 2.25. The smallest absolute Gasteiger partial charge is 0.337 e. The Balaban J connectivity index is 1.75. The number of benzene rings is 2. The molecule has 0 fully saturated rings. The number of carbonyl (C=O) groups excluding carboxylic acids is 1. The molecule has 26 heavy (non-hydrogen) atoms. The molecule has 0 aliphatic carbocycles. The van der Waals surface area contributed by atoms with E-state index in [1.807, 2.05) is 25.1 Å². The van der Waals surface area contributed by atoms with Crippen LogP contribution < -0.4 is 10.6 Å². The quantitative estimate of drug-likeness (QED) is 0.654. The van der Waals surface area contributed by atoms with Gasteiger partial charge in [0.2, 0.25) is 5.95 Å². The fourth-order valence-electron chi connectivity index (χ4n) is 2.23. The van der Waals surface area contributed by atoms with Gasteiger partial charge in [-0.2, -0.15) is 10.1 Å². The molecule has 132 valence electrons. The first-order valence-corrected chi connectivity index (χ1v) is 8.12. The van der Waals surface area contributed by atoms with E-state index in [-0.39, 0.29) is 0 Å². The van der Waals surface area contributed by atoms with Crippen LogP contribution in [0.5, 0.6) is 0 Å². The van der Waals surface area contributed by atoms with Crippen LogP contribution in [0.1, 0.15) is 15.9 Å². The van der Waals surface area contributed by atoms with Crippen LogP contribution in [0.3, 0.4) is 0 Å². The lowest BCUT2D eigenvalue weighted by atomic mass is 10.2. The minimum atomic E-state index is -0.391. The van der Waals surface area contributed by atoms with Gasteiger partial charge >= 0.3 is 5.97 Å². The highest BCUT2D eigenvalue weighted by Gasteiger charge is 2.07. The van der Waals surface area contributed by atoms with Crippen molar-refractivity contribution in [2.75, 3.05) is 17.7 Å². The van der Waals surface area contributed by atoms with Gasteiger partial charge in [0.1, 0.15) is 0 Å². The Kier molecular flexibility index (Phi) is 5.28. The fourth-order valence-corrected chi connectivity index (χ4v) is 2.41. The summed E-state index contributed by atoms with van der Waals surface area (Å²) in [4.78, 5) is 15.8. The SMILES string of the molecule is COC(=O)c1ccc(Nc2nncc(Nc3cccc(Cl)c3C)n2)cc1. The lowest BCUT2D eigenvalue weighted by Crippen LogP contribution is -2.04. The summed E-state index contributed by atoms with van der Waals surface area (Å²) >= 11 is 6.13. The van der Waals surface area contributed by atoms with Crippen molar-refractivity contribution in [3.05, 3.63) is 64.8 Å². The summed E-state index contributed by atoms with van der Waals surface area (Å²) in [7, 11) is 1.34. The Morgan fingerprint density at radius 3 is 2.62 bits per heavy atom. The molecule has 2 N–H and O–H groups in total. The van der Waals surface area contributed by atoms with Crippen molar-refractivity contribution in [1.82, 2.24) is 15.2 Å². The predicted octanol–water partition coefficient (Wildman–Crippen LogP) is 4.11. The molecule has 0 atom stereocenters. The molecular weight excluding hydrogens is 354 g/mol. The Labute approximate surface area is 155 Å². The largest absolute Gasteiger partial charge is 0.465 e. The average Bonchev–Trinajstić information content (AvgIpc) is 2.66. The van der Waals surface area contributed by atoms with Crippen molar-refractivity contribution in [2.24, 2.45) is 0 Å². The minimum Gasteiger partial charge on any atom is -0.465 e. The zero-order chi connectivity index (χ0) is 18.5. The van der Waals surface area contributed by atoms with Crippen LogP contribution in [0, 0.1) is 6.92 Å². The molecule has 1 heterocycles. The molecule has 7 nitrogen and oxygen atoms in total. The van der Waals surface area contributed by atoms with Crippen molar-refractivity contribution in [3.8, 4) is 0 Å². The summed E-state index contributed by atoms with van der Waals surface area (Å²) in [6.07, 6.45) is 1.52. The van der Waals surface area contributed by atoms with E-state index in [0.717, 1.165) is 16.9 Å². The van der Waals surface area contributed by atoms with Crippen molar-refractivity contribution >= 4 is 40.7 Å². The number of aromatic nitrogens is 3. The molecule has 2 aromatic carbocycles. The summed E-state index contributed by atoms with van der Waals surface area (Å²) < 4.78 is 4.67. The molecule has 0 saturated heterocycles. The first-order chi connectivity index (χ1) is 12.6. The lowest BCUT2D eigenvalue weighted by molar-refractivity contribution is 0.0601. The van der Waals surface area contributed by atoms with E-state index in [1.54, 1.807) is 24.3 Å². The molecular formula is C18H16ClN5O2. The first-order valence-electron chi connectivity index (χ1n) is 7.74. The molecule has 0 spiro atoms. The number of anilines is 4. The maximum atomic E-state index is 11.5. The number of rotatable bonds is 5. The second-order valence-corrected chi connectivity index (χ2v) is 5.80. The highest BCUT2D eigenvalue weighted by atomic mass is 35.5. The number of carbonyl (C=O) groups is 1. The highest BCUT2D eigenvalue weighted by molar-refractivity contribution is 6.31. The summed E-state index contributed by atoms with van der Waals surface area (Å²) in [6.45, 7) is 1.92. The Morgan fingerprint density at radius 1 is 1.12 bits per heavy atom. The molecule has 0 aliphatic rings. The third-order valence-electron chi connectivity index (χ3n) is 3.65. The number of nitrogens with one attached hydrogen (secondary N) is 2. The van der Waals surface area contributed by atoms with Gasteiger partial charge in [-0.3, -0.25) is 0 Å². The topological polar surface area (TPSA) is 89.0 Å². The number of hydrogen-bond acceptors (Lipinski definition) is 7. The zero-order valence-electron chi connectivity index (χ0n) is 14.2. The number of hydrogen-bond donors (Lipinski definition) is 2. The average molecular weight is 370 g/mol. The number of ether oxygens (including phenoxy) is 1. The summed E-state index contributed by atoms with van der Waals surface area (Å²) in [5, 5.41) is 14.8. The molecule has 8 heteroatoms. The minimum absolute atomic E-state index is 0.320. The van der Waals surface area contributed by atoms with Gasteiger partial charge in [0.05, 0.1) is 18.9 Å². The van der Waals surface area contributed by atoms with Gasteiger partial charge in [-0.1, -0.05) is 17.7 Å². The van der Waals surface area contributed by atoms with Crippen molar-refractivity contribution in [2.45, 2.75) is 6.92 Å². The van der Waals surface area contributed by atoms with Gasteiger partial charge in [0.15, 0.2) is 5.82 Å². The number of nitrogens with zero attached hydrogens (tertiary/aromatic N) is 3. The predicted molar refractivity (Wildman–Crippen MR) is 100 cm³/mol. The second kappa shape index (κ2) is 7.79. The van der Waals surface area contributed by atoms with E-state index < -0.39 is 5.97 Å². The molecule has 0 unspecified atom stereocenters. The van der Waals surface area contributed by atoms with Gasteiger partial charge in [0, 0.05) is 16.4 Å². The molecule has 3 aromatic rings. The fraction of sp³-hybridized carbons (Fsp3) is 0.111. The molecule has 3 rings (SSSR count). The zero-order valence-corrected chi connectivity index (χ0v) is 14.9. The maximum absolute atomic E-state index is 11.5. The van der Waals surface area contributed by atoms with Gasteiger partial charge in [0.25, 0.3) is 0 Å². The molecule has 0 radical (unpaired) electrons. The number of methoxy groups -OCH3 is 1. The van der Waals surface area contributed by atoms with Gasteiger partial charge in [-0.05, 0) is 48.9 Å². The van der Waals surface area contributed by atoms with E-state index >= 15 is 0 Å². The van der Waals surface area contributed by atoms with Gasteiger partial charge < -0.3 is 15.4 Å². The third kappa shape index (κ3) is 4.07. The van der Waals surface area contributed by atoms with Crippen LogP contribution in [0.2, 0.25) is 5.02 Å². The first kappa shape index (κ1) is 17.6. The summed E-state index contributed by atoms with van der Waals surface area (Å²) in [6, 6.07) is 12.4.